The van der Waals surface area contributed by atoms with E-state index in [1.165, 1.54) is 13.0 Å². The normalized spacial score (nSPS) is 23.5. The van der Waals surface area contributed by atoms with Crippen molar-refractivity contribution in [3.05, 3.63) is 47.3 Å². The standard InChI is InChI=1S/C18H19F5N2O3S/c1-17(29(26,27)13-4-2-3-11(7-13)18(21,22)23)5-6-28-15(10-17)14-8-12(24-25-14)9-16(19)20/h2-4,7-8,15-16H,5-6,9-10H2,1H3,(H,24,25)/t15?,17-/m1/s1. The van der Waals surface area contributed by atoms with Crippen LogP contribution in [0.4, 0.5) is 22.0 Å². The first kappa shape index (κ1) is 21.7. The van der Waals surface area contributed by atoms with E-state index >= 15 is 0 Å². The van der Waals surface area contributed by atoms with Crippen LogP contribution in [-0.2, 0) is 27.2 Å². The molecule has 0 spiro atoms. The topological polar surface area (TPSA) is 72.1 Å². The van der Waals surface area contributed by atoms with Crippen molar-refractivity contribution in [2.75, 3.05) is 6.61 Å². The Hall–Kier alpha value is -2.01. The summed E-state index contributed by atoms with van der Waals surface area (Å²) in [6.45, 7) is 1.49. The maximum Gasteiger partial charge on any atom is 0.416 e. The number of halogens is 5. The highest BCUT2D eigenvalue weighted by Gasteiger charge is 2.46. The Bertz CT molecular complexity index is 974. The van der Waals surface area contributed by atoms with Crippen molar-refractivity contribution in [2.45, 2.75) is 54.5 Å². The third kappa shape index (κ3) is 4.45. The molecule has 0 radical (unpaired) electrons. The smallest absolute Gasteiger partial charge is 0.372 e. The molecule has 11 heteroatoms. The van der Waals surface area contributed by atoms with Crippen molar-refractivity contribution in [3.8, 4) is 0 Å². The van der Waals surface area contributed by atoms with E-state index in [0.29, 0.717) is 6.07 Å². The van der Waals surface area contributed by atoms with Gasteiger partial charge in [-0.05, 0) is 44.0 Å². The number of benzene rings is 1. The van der Waals surface area contributed by atoms with Crippen LogP contribution in [-0.4, -0.2) is 36.4 Å². The van der Waals surface area contributed by atoms with Gasteiger partial charge in [0.05, 0.1) is 27.3 Å². The molecule has 1 saturated heterocycles. The van der Waals surface area contributed by atoms with Gasteiger partial charge in [-0.3, -0.25) is 5.10 Å². The largest absolute Gasteiger partial charge is 0.416 e. The van der Waals surface area contributed by atoms with E-state index in [4.69, 9.17) is 4.74 Å². The van der Waals surface area contributed by atoms with E-state index in [0.717, 1.165) is 18.2 Å². The van der Waals surface area contributed by atoms with Gasteiger partial charge < -0.3 is 4.74 Å². The fourth-order valence-electron chi connectivity index (χ4n) is 3.34. The minimum Gasteiger partial charge on any atom is -0.372 e. The molecule has 1 aromatic heterocycles. The van der Waals surface area contributed by atoms with E-state index in [2.05, 4.69) is 10.2 Å². The SMILES string of the molecule is C[C@@]1(S(=O)(=O)c2cccc(C(F)(F)F)c2)CCOC(c2cc(CC(F)F)[nH]n2)C1. The Morgan fingerprint density at radius 1 is 1.31 bits per heavy atom. The summed E-state index contributed by atoms with van der Waals surface area (Å²) in [5, 5.41) is 6.40. The van der Waals surface area contributed by atoms with Gasteiger partial charge in [-0.25, -0.2) is 17.2 Å². The van der Waals surface area contributed by atoms with Crippen molar-refractivity contribution in [1.82, 2.24) is 10.2 Å². The summed E-state index contributed by atoms with van der Waals surface area (Å²) in [6, 6.07) is 5.01. The lowest BCUT2D eigenvalue weighted by Crippen LogP contribution is -2.42. The molecular formula is C18H19F5N2O3S. The van der Waals surface area contributed by atoms with E-state index < -0.39 is 50.2 Å². The van der Waals surface area contributed by atoms with Crippen LogP contribution < -0.4 is 0 Å². The molecule has 1 aromatic carbocycles. The highest BCUT2D eigenvalue weighted by atomic mass is 32.2. The fourth-order valence-corrected chi connectivity index (χ4v) is 5.18. The Morgan fingerprint density at radius 2 is 2.03 bits per heavy atom. The first-order chi connectivity index (χ1) is 13.4. The van der Waals surface area contributed by atoms with Crippen LogP contribution in [0.1, 0.15) is 42.8 Å². The van der Waals surface area contributed by atoms with E-state index in [9.17, 15) is 30.4 Å². The highest BCUT2D eigenvalue weighted by molar-refractivity contribution is 7.92. The summed E-state index contributed by atoms with van der Waals surface area (Å²) < 4.78 is 94.5. The number of ether oxygens (including phenoxy) is 1. The number of sulfone groups is 1. The molecule has 0 saturated carbocycles. The van der Waals surface area contributed by atoms with Gasteiger partial charge >= 0.3 is 6.18 Å². The van der Waals surface area contributed by atoms with Crippen LogP contribution in [0.15, 0.2) is 35.2 Å². The molecule has 1 N–H and O–H groups in total. The van der Waals surface area contributed by atoms with Gasteiger partial charge in [-0.1, -0.05) is 6.07 Å². The number of nitrogens with zero attached hydrogens (tertiary/aromatic N) is 1. The summed E-state index contributed by atoms with van der Waals surface area (Å²) >= 11 is 0. The molecule has 0 bridgehead atoms. The summed E-state index contributed by atoms with van der Waals surface area (Å²) in [7, 11) is -4.14. The first-order valence-corrected chi connectivity index (χ1v) is 10.3. The second-order valence-electron chi connectivity index (χ2n) is 7.21. The van der Waals surface area contributed by atoms with Gasteiger partial charge in [0.15, 0.2) is 9.84 Å². The number of alkyl halides is 5. The zero-order valence-corrected chi connectivity index (χ0v) is 16.2. The zero-order valence-electron chi connectivity index (χ0n) is 15.3. The van der Waals surface area contributed by atoms with Gasteiger partial charge in [0.1, 0.15) is 6.10 Å². The van der Waals surface area contributed by atoms with Crippen molar-refractivity contribution in [1.29, 1.82) is 0 Å². The molecule has 1 aliphatic heterocycles. The van der Waals surface area contributed by atoms with Crippen molar-refractivity contribution in [2.24, 2.45) is 0 Å². The number of hydrogen-bond acceptors (Lipinski definition) is 4. The predicted molar refractivity (Wildman–Crippen MR) is 93.3 cm³/mol. The molecular weight excluding hydrogens is 419 g/mol. The summed E-state index contributed by atoms with van der Waals surface area (Å²) in [5.41, 5.74) is -0.577. The number of nitrogens with one attached hydrogen (secondary N) is 1. The quantitative estimate of drug-likeness (QED) is 0.706. The van der Waals surface area contributed by atoms with E-state index in [1.54, 1.807) is 0 Å². The molecule has 160 valence electrons. The molecule has 1 aliphatic rings. The first-order valence-electron chi connectivity index (χ1n) is 8.78. The molecule has 1 fully saturated rings. The summed E-state index contributed by atoms with van der Waals surface area (Å²) in [5.74, 6) is 0. The number of H-pyrrole nitrogens is 1. The predicted octanol–water partition coefficient (Wildman–Crippen LogP) is 4.32. The van der Waals surface area contributed by atoms with Gasteiger partial charge in [0, 0.05) is 12.3 Å². The minimum absolute atomic E-state index is 0.0381. The molecule has 3 rings (SSSR count). The summed E-state index contributed by atoms with van der Waals surface area (Å²) in [6.07, 6.45) is -8.53. The molecule has 2 heterocycles. The van der Waals surface area contributed by atoms with E-state index in [-0.39, 0.29) is 30.8 Å². The maximum absolute atomic E-state index is 13.2. The van der Waals surface area contributed by atoms with Gasteiger partial charge in [-0.15, -0.1) is 0 Å². The average Bonchev–Trinajstić information content (AvgIpc) is 3.09. The van der Waals surface area contributed by atoms with Crippen LogP contribution >= 0.6 is 0 Å². The van der Waals surface area contributed by atoms with Crippen molar-refractivity contribution in [3.63, 3.8) is 0 Å². The molecule has 0 amide bonds. The van der Waals surface area contributed by atoms with Crippen LogP contribution in [0.2, 0.25) is 0 Å². The van der Waals surface area contributed by atoms with Crippen LogP contribution in [0.3, 0.4) is 0 Å². The van der Waals surface area contributed by atoms with Crippen LogP contribution in [0.25, 0.3) is 0 Å². The lowest BCUT2D eigenvalue weighted by atomic mass is 9.95. The maximum atomic E-state index is 13.2. The lowest BCUT2D eigenvalue weighted by Gasteiger charge is -2.37. The Morgan fingerprint density at radius 3 is 2.69 bits per heavy atom. The highest BCUT2D eigenvalue weighted by Crippen LogP contribution is 2.42. The summed E-state index contributed by atoms with van der Waals surface area (Å²) in [4.78, 5) is -0.420. The molecule has 0 aliphatic carbocycles. The minimum atomic E-state index is -4.67. The van der Waals surface area contributed by atoms with Gasteiger partial charge in [-0.2, -0.15) is 18.3 Å². The lowest BCUT2D eigenvalue weighted by molar-refractivity contribution is -0.137. The molecule has 29 heavy (non-hydrogen) atoms. The second kappa shape index (κ2) is 7.67. The molecule has 1 unspecified atom stereocenters. The van der Waals surface area contributed by atoms with Crippen LogP contribution in [0, 0.1) is 0 Å². The van der Waals surface area contributed by atoms with E-state index in [1.807, 2.05) is 0 Å². The third-order valence-electron chi connectivity index (χ3n) is 5.04. The van der Waals surface area contributed by atoms with Crippen LogP contribution in [0.5, 0.6) is 0 Å². The zero-order chi connectivity index (χ0) is 21.4. The molecule has 2 aromatic rings. The third-order valence-corrected chi connectivity index (χ3v) is 7.59. The molecule has 2 atom stereocenters. The number of aromatic nitrogens is 2. The second-order valence-corrected chi connectivity index (χ2v) is 9.67. The average molecular weight is 438 g/mol. The fraction of sp³-hybridized carbons (Fsp3) is 0.500. The Labute approximate surface area is 164 Å². The molecule has 5 nitrogen and oxygen atoms in total. The number of rotatable bonds is 5. The number of hydrogen-bond donors (Lipinski definition) is 1. The Balaban J connectivity index is 1.88. The monoisotopic (exact) mass is 438 g/mol. The van der Waals surface area contributed by atoms with Crippen molar-refractivity contribution >= 4 is 9.84 Å². The van der Waals surface area contributed by atoms with Gasteiger partial charge in [0.25, 0.3) is 0 Å². The Kier molecular flexibility index (Phi) is 5.74. The van der Waals surface area contributed by atoms with Gasteiger partial charge in [0.2, 0.25) is 6.43 Å². The van der Waals surface area contributed by atoms with Crippen molar-refractivity contribution < 1.29 is 35.1 Å². The number of aromatic amines is 1.